The van der Waals surface area contributed by atoms with Gasteiger partial charge in [-0.25, -0.2) is 9.36 Å². The van der Waals surface area contributed by atoms with Gasteiger partial charge < -0.3 is 25.2 Å². The van der Waals surface area contributed by atoms with Gasteiger partial charge >= 0.3 is 19.8 Å². The summed E-state index contributed by atoms with van der Waals surface area (Å²) >= 11 is 0. The summed E-state index contributed by atoms with van der Waals surface area (Å²) in [4.78, 5) is 45.8. The van der Waals surface area contributed by atoms with E-state index < -0.39 is 57.6 Å². The smallest absolute Gasteiger partial charge is 0.472 e. The largest absolute Gasteiger partial charge is 0.480 e. The van der Waals surface area contributed by atoms with E-state index in [2.05, 4.69) is 104 Å². The Morgan fingerprint density at radius 2 is 1.02 bits per heavy atom. The number of carboxylic acid groups (broad SMARTS) is 1. The number of carbonyl (C=O) groups excluding carboxylic acids is 2. The van der Waals surface area contributed by atoms with Gasteiger partial charge in [0, 0.05) is 6.42 Å². The SMILES string of the molecule is CC/C=C\C/C=C\C/C=C\C/C=C\C/C=C\C/C=C\C/C=C\CC(=O)OCC(O)COP(=O)(O)OCC(NC(=O)CCCCCCC/C=C\C/C=C\CCCC)C(=O)O. The molecule has 0 bridgehead atoms. The second-order valence-corrected chi connectivity index (χ2v) is 15.3. The molecule has 0 saturated carbocycles. The van der Waals surface area contributed by atoms with Crippen LogP contribution in [-0.2, 0) is 32.7 Å². The van der Waals surface area contributed by atoms with E-state index in [-0.39, 0.29) is 12.8 Å². The number of phosphoric acid groups is 1. The number of aliphatic hydroxyl groups excluding tert-OH is 1. The van der Waals surface area contributed by atoms with Crippen LogP contribution in [0, 0.1) is 0 Å². The zero-order chi connectivity index (χ0) is 43.5. The molecule has 0 aromatic carbocycles. The zero-order valence-electron chi connectivity index (χ0n) is 35.7. The number of unbranched alkanes of at least 4 members (excludes halogenated alkanes) is 7. The highest BCUT2D eigenvalue weighted by molar-refractivity contribution is 7.47. The number of aliphatic carboxylic acids is 1. The topological polar surface area (TPSA) is 169 Å². The van der Waals surface area contributed by atoms with Gasteiger partial charge in [-0.15, -0.1) is 0 Å². The summed E-state index contributed by atoms with van der Waals surface area (Å²) < 4.78 is 26.7. The standard InChI is InChI=1S/C47H74NO10P/c1-3-5-7-9-11-13-15-17-19-20-21-22-23-24-25-27-29-31-33-35-37-39-46(51)56-40-43(49)41-57-59(54,55)58-42-44(47(52)53)48-45(50)38-36-34-32-30-28-26-18-16-14-12-10-8-6-4-2/h5,7,10-13,16-19,21-22,24-25,29,31,35,37,43-44,49H,3-4,6,8-9,14-15,20,23,26-28,30,32-34,36,38-42H2,1-2H3,(H,48,50)(H,52,53)(H,54,55)/b7-5-,12-10-,13-11-,18-16-,19-17-,22-21-,25-24-,31-29-,37-35-. The first-order valence-electron chi connectivity index (χ1n) is 21.4. The summed E-state index contributed by atoms with van der Waals surface area (Å²) in [5.41, 5.74) is 0. The molecule has 0 aliphatic heterocycles. The molecule has 59 heavy (non-hydrogen) atoms. The fraction of sp³-hybridized carbons (Fsp3) is 0.553. The van der Waals surface area contributed by atoms with Gasteiger partial charge in [0.05, 0.1) is 19.6 Å². The number of hydrogen-bond donors (Lipinski definition) is 4. The zero-order valence-corrected chi connectivity index (χ0v) is 36.6. The molecule has 12 heteroatoms. The van der Waals surface area contributed by atoms with E-state index in [1.54, 1.807) is 6.08 Å². The van der Waals surface area contributed by atoms with Crippen molar-refractivity contribution in [3.05, 3.63) is 109 Å². The molecule has 0 saturated heterocycles. The Morgan fingerprint density at radius 1 is 0.576 bits per heavy atom. The van der Waals surface area contributed by atoms with E-state index in [9.17, 15) is 34.1 Å². The van der Waals surface area contributed by atoms with Crippen LogP contribution in [0.4, 0.5) is 0 Å². The Balaban J connectivity index is 4.07. The lowest BCUT2D eigenvalue weighted by Crippen LogP contribution is -2.43. The van der Waals surface area contributed by atoms with Gasteiger partial charge in [-0.2, -0.15) is 0 Å². The van der Waals surface area contributed by atoms with E-state index in [0.717, 1.165) is 83.5 Å². The number of allylic oxidation sites excluding steroid dienone is 17. The lowest BCUT2D eigenvalue weighted by atomic mass is 10.1. The van der Waals surface area contributed by atoms with Crippen LogP contribution in [0.25, 0.3) is 0 Å². The summed E-state index contributed by atoms with van der Waals surface area (Å²) in [7, 11) is -4.79. The van der Waals surface area contributed by atoms with E-state index in [0.29, 0.717) is 12.8 Å². The fourth-order valence-corrected chi connectivity index (χ4v) is 5.78. The molecule has 0 rings (SSSR count). The van der Waals surface area contributed by atoms with Crippen LogP contribution in [0.15, 0.2) is 109 Å². The highest BCUT2D eigenvalue weighted by Gasteiger charge is 2.28. The predicted octanol–water partition coefficient (Wildman–Crippen LogP) is 11.1. The summed E-state index contributed by atoms with van der Waals surface area (Å²) in [5.74, 6) is -2.55. The maximum absolute atomic E-state index is 12.3. The molecule has 0 aliphatic rings. The molecule has 0 heterocycles. The van der Waals surface area contributed by atoms with Gasteiger partial charge in [-0.05, 0) is 77.0 Å². The molecular weight excluding hydrogens is 769 g/mol. The third-order valence-corrected chi connectivity index (χ3v) is 9.28. The average Bonchev–Trinajstić information content (AvgIpc) is 3.21. The van der Waals surface area contributed by atoms with Crippen molar-refractivity contribution in [1.29, 1.82) is 0 Å². The molecule has 0 aromatic rings. The molecular formula is C47H74NO10P. The van der Waals surface area contributed by atoms with Crippen molar-refractivity contribution < 1.29 is 47.8 Å². The van der Waals surface area contributed by atoms with Crippen LogP contribution in [0.1, 0.15) is 136 Å². The van der Waals surface area contributed by atoms with E-state index in [1.807, 2.05) is 18.2 Å². The highest BCUT2D eigenvalue weighted by atomic mass is 31.2. The van der Waals surface area contributed by atoms with E-state index in [1.165, 1.54) is 12.8 Å². The van der Waals surface area contributed by atoms with Crippen molar-refractivity contribution in [3.8, 4) is 0 Å². The molecule has 4 N–H and O–H groups in total. The molecule has 11 nitrogen and oxygen atoms in total. The second-order valence-electron chi connectivity index (χ2n) is 13.8. The first-order valence-corrected chi connectivity index (χ1v) is 22.9. The van der Waals surface area contributed by atoms with Crippen LogP contribution in [0.2, 0.25) is 0 Å². The monoisotopic (exact) mass is 844 g/mol. The number of carboxylic acids is 1. The van der Waals surface area contributed by atoms with Crippen LogP contribution in [0.5, 0.6) is 0 Å². The lowest BCUT2D eigenvalue weighted by Gasteiger charge is -2.18. The van der Waals surface area contributed by atoms with Crippen molar-refractivity contribution in [1.82, 2.24) is 5.32 Å². The first kappa shape index (κ1) is 55.1. The van der Waals surface area contributed by atoms with Crippen LogP contribution >= 0.6 is 7.82 Å². The minimum atomic E-state index is -4.79. The van der Waals surface area contributed by atoms with Gasteiger partial charge in [-0.3, -0.25) is 18.6 Å². The van der Waals surface area contributed by atoms with Crippen LogP contribution in [0.3, 0.4) is 0 Å². The van der Waals surface area contributed by atoms with E-state index in [4.69, 9.17) is 13.8 Å². The summed E-state index contributed by atoms with van der Waals surface area (Å²) in [5, 5.41) is 21.8. The first-order chi connectivity index (χ1) is 28.6. The summed E-state index contributed by atoms with van der Waals surface area (Å²) in [6.45, 7) is 2.29. The van der Waals surface area contributed by atoms with Gasteiger partial charge in [0.1, 0.15) is 12.7 Å². The Kier molecular flexibility index (Phi) is 38.2. The summed E-state index contributed by atoms with van der Waals surface area (Å²) in [6, 6.07) is -1.57. The lowest BCUT2D eigenvalue weighted by molar-refractivity contribution is -0.146. The number of nitrogens with one attached hydrogen (secondary N) is 1. The summed E-state index contributed by atoms with van der Waals surface area (Å²) in [6.07, 6.45) is 52.8. The van der Waals surface area contributed by atoms with Gasteiger partial charge in [0.15, 0.2) is 6.04 Å². The third-order valence-electron chi connectivity index (χ3n) is 8.33. The number of aliphatic hydroxyl groups is 1. The van der Waals surface area contributed by atoms with Crippen LogP contribution < -0.4 is 5.32 Å². The average molecular weight is 844 g/mol. The van der Waals surface area contributed by atoms with Crippen molar-refractivity contribution in [3.63, 3.8) is 0 Å². The van der Waals surface area contributed by atoms with Gasteiger partial charge in [0.25, 0.3) is 0 Å². The third kappa shape index (κ3) is 40.7. The minimum absolute atomic E-state index is 0.0182. The molecule has 3 atom stereocenters. The number of rotatable bonds is 38. The molecule has 0 aliphatic carbocycles. The number of amides is 1. The Hall–Kier alpha value is -3.86. The number of ether oxygens (including phenoxy) is 1. The minimum Gasteiger partial charge on any atom is -0.480 e. The molecule has 332 valence electrons. The van der Waals surface area contributed by atoms with Crippen LogP contribution in [-0.4, -0.2) is 64.9 Å². The maximum Gasteiger partial charge on any atom is 0.472 e. The van der Waals surface area contributed by atoms with Gasteiger partial charge in [0.2, 0.25) is 5.91 Å². The quantitative estimate of drug-likeness (QED) is 0.0203. The highest BCUT2D eigenvalue weighted by Crippen LogP contribution is 2.43. The normalized spacial score (nSPS) is 14.8. The second kappa shape index (κ2) is 40.9. The maximum atomic E-state index is 12.3. The van der Waals surface area contributed by atoms with Gasteiger partial charge in [-0.1, -0.05) is 155 Å². The number of hydrogen-bond acceptors (Lipinski definition) is 8. The number of esters is 1. The van der Waals surface area contributed by atoms with Crippen molar-refractivity contribution in [2.45, 2.75) is 148 Å². The van der Waals surface area contributed by atoms with Crippen molar-refractivity contribution in [2.24, 2.45) is 0 Å². The predicted molar refractivity (Wildman–Crippen MR) is 240 cm³/mol. The Bertz CT molecular complexity index is 1410. The molecule has 0 radical (unpaired) electrons. The van der Waals surface area contributed by atoms with E-state index >= 15 is 0 Å². The molecule has 3 unspecified atom stereocenters. The molecule has 1 amide bonds. The molecule has 0 spiro atoms. The fourth-order valence-electron chi connectivity index (χ4n) is 5.00. The number of phosphoric ester groups is 1. The Labute approximate surface area is 355 Å². The van der Waals surface area contributed by atoms with Crippen molar-refractivity contribution in [2.75, 3.05) is 19.8 Å². The Morgan fingerprint density at radius 3 is 1.53 bits per heavy atom. The van der Waals surface area contributed by atoms with Crippen molar-refractivity contribution >= 4 is 25.7 Å². The number of carbonyl (C=O) groups is 3. The molecule has 0 aromatic heterocycles. The molecule has 0 fully saturated rings.